The molecule has 0 unspecified atom stereocenters. The van der Waals surface area contributed by atoms with Gasteiger partial charge in [0.05, 0.1) is 4.90 Å². The predicted octanol–water partition coefficient (Wildman–Crippen LogP) is 2.87. The van der Waals surface area contributed by atoms with Gasteiger partial charge in [0, 0.05) is 43.3 Å². The van der Waals surface area contributed by atoms with Crippen molar-refractivity contribution < 1.29 is 18.3 Å². The van der Waals surface area contributed by atoms with Gasteiger partial charge in [-0.25, -0.2) is 8.42 Å². The molecule has 6 nitrogen and oxygen atoms in total. The molecule has 0 radical (unpaired) electrons. The first-order valence-electron chi connectivity index (χ1n) is 8.68. The second kappa shape index (κ2) is 8.29. The summed E-state index contributed by atoms with van der Waals surface area (Å²) in [6, 6.07) is 14.0. The maximum absolute atomic E-state index is 12.9. The summed E-state index contributed by atoms with van der Waals surface area (Å²) in [5, 5.41) is 9.47. The smallest absolute Gasteiger partial charge is 0.303 e. The SMILES string of the molecule is O=C(O)CCc1cccc(S(=O)(=O)N2CCN(c3ccc(Cl)cc3)CC2)c1. The van der Waals surface area contributed by atoms with E-state index in [1.165, 1.54) is 4.31 Å². The van der Waals surface area contributed by atoms with Gasteiger partial charge < -0.3 is 10.0 Å². The van der Waals surface area contributed by atoms with Gasteiger partial charge in [0.25, 0.3) is 0 Å². The number of anilines is 1. The Kier molecular flexibility index (Phi) is 6.04. The lowest BCUT2D eigenvalue weighted by molar-refractivity contribution is -0.136. The molecular formula is C19H21ClN2O4S. The van der Waals surface area contributed by atoms with E-state index in [2.05, 4.69) is 4.90 Å². The molecular weight excluding hydrogens is 388 g/mol. The Balaban J connectivity index is 1.68. The minimum atomic E-state index is -3.60. The molecule has 0 amide bonds. The number of sulfonamides is 1. The van der Waals surface area contributed by atoms with E-state index < -0.39 is 16.0 Å². The lowest BCUT2D eigenvalue weighted by atomic mass is 10.1. The Morgan fingerprint density at radius 2 is 1.70 bits per heavy atom. The zero-order chi connectivity index (χ0) is 19.4. The highest BCUT2D eigenvalue weighted by Gasteiger charge is 2.28. The average molecular weight is 409 g/mol. The molecule has 8 heteroatoms. The lowest BCUT2D eigenvalue weighted by Crippen LogP contribution is -2.48. The average Bonchev–Trinajstić information content (AvgIpc) is 2.67. The topological polar surface area (TPSA) is 77.9 Å². The number of carboxylic acids is 1. The van der Waals surface area contributed by atoms with Crippen molar-refractivity contribution in [2.75, 3.05) is 31.1 Å². The van der Waals surface area contributed by atoms with Gasteiger partial charge >= 0.3 is 5.97 Å². The summed E-state index contributed by atoms with van der Waals surface area (Å²) in [5.41, 5.74) is 1.73. The van der Waals surface area contributed by atoms with Crippen LogP contribution in [-0.4, -0.2) is 50.0 Å². The Bertz CT molecular complexity index is 908. The summed E-state index contributed by atoms with van der Waals surface area (Å²) in [4.78, 5) is 13.1. The number of rotatable bonds is 6. The van der Waals surface area contributed by atoms with Crippen LogP contribution in [0.5, 0.6) is 0 Å². The van der Waals surface area contributed by atoms with Gasteiger partial charge in [-0.05, 0) is 48.4 Å². The minimum Gasteiger partial charge on any atom is -0.481 e. The van der Waals surface area contributed by atoms with Gasteiger partial charge in [-0.2, -0.15) is 4.31 Å². The summed E-state index contributed by atoms with van der Waals surface area (Å²) in [6.07, 6.45) is 0.284. The fourth-order valence-electron chi connectivity index (χ4n) is 3.10. The number of hydrogen-bond donors (Lipinski definition) is 1. The molecule has 1 aliphatic heterocycles. The Labute approximate surface area is 164 Å². The number of hydrogen-bond acceptors (Lipinski definition) is 4. The van der Waals surface area contributed by atoms with Gasteiger partial charge in [0.1, 0.15) is 0 Å². The second-order valence-electron chi connectivity index (χ2n) is 6.41. The van der Waals surface area contributed by atoms with Crippen LogP contribution in [0.25, 0.3) is 0 Å². The molecule has 1 N–H and O–H groups in total. The molecule has 144 valence electrons. The minimum absolute atomic E-state index is 0.0245. The molecule has 1 saturated heterocycles. The molecule has 2 aromatic carbocycles. The first-order valence-corrected chi connectivity index (χ1v) is 10.5. The van der Waals surface area contributed by atoms with Gasteiger partial charge in [0.2, 0.25) is 10.0 Å². The number of piperazine rings is 1. The van der Waals surface area contributed by atoms with Crippen LogP contribution in [0.4, 0.5) is 5.69 Å². The fourth-order valence-corrected chi connectivity index (χ4v) is 4.72. The van der Waals surface area contributed by atoms with Crippen molar-refractivity contribution in [3.8, 4) is 0 Å². The van der Waals surface area contributed by atoms with Crippen molar-refractivity contribution in [2.24, 2.45) is 0 Å². The van der Waals surface area contributed by atoms with E-state index >= 15 is 0 Å². The molecule has 3 rings (SSSR count). The highest BCUT2D eigenvalue weighted by atomic mass is 35.5. The Morgan fingerprint density at radius 1 is 1.04 bits per heavy atom. The molecule has 0 bridgehead atoms. The molecule has 1 fully saturated rings. The Hall–Kier alpha value is -2.09. The van der Waals surface area contributed by atoms with Crippen LogP contribution >= 0.6 is 11.6 Å². The lowest BCUT2D eigenvalue weighted by Gasteiger charge is -2.35. The molecule has 0 aromatic heterocycles. The van der Waals surface area contributed by atoms with Crippen molar-refractivity contribution in [1.29, 1.82) is 0 Å². The van der Waals surface area contributed by atoms with E-state index in [1.807, 2.05) is 24.3 Å². The molecule has 1 aliphatic rings. The zero-order valence-corrected chi connectivity index (χ0v) is 16.3. The van der Waals surface area contributed by atoms with Crippen LogP contribution in [0.3, 0.4) is 0 Å². The number of benzene rings is 2. The van der Waals surface area contributed by atoms with E-state index in [1.54, 1.807) is 24.3 Å². The number of aryl methyl sites for hydroxylation is 1. The van der Waals surface area contributed by atoms with Crippen molar-refractivity contribution in [2.45, 2.75) is 17.7 Å². The van der Waals surface area contributed by atoms with E-state index in [9.17, 15) is 13.2 Å². The van der Waals surface area contributed by atoms with Crippen LogP contribution in [0, 0.1) is 0 Å². The van der Waals surface area contributed by atoms with Crippen LogP contribution in [0.1, 0.15) is 12.0 Å². The van der Waals surface area contributed by atoms with Crippen molar-refractivity contribution in [1.82, 2.24) is 4.31 Å². The third-order valence-electron chi connectivity index (χ3n) is 4.59. The molecule has 0 aliphatic carbocycles. The summed E-state index contributed by atoms with van der Waals surface area (Å²) < 4.78 is 27.4. The zero-order valence-electron chi connectivity index (χ0n) is 14.7. The predicted molar refractivity (Wildman–Crippen MR) is 105 cm³/mol. The maximum atomic E-state index is 12.9. The summed E-state index contributed by atoms with van der Waals surface area (Å²) >= 11 is 5.92. The number of halogens is 1. The highest BCUT2D eigenvalue weighted by molar-refractivity contribution is 7.89. The molecule has 0 spiro atoms. The highest BCUT2D eigenvalue weighted by Crippen LogP contribution is 2.23. The van der Waals surface area contributed by atoms with Gasteiger partial charge in [-0.3, -0.25) is 4.79 Å². The second-order valence-corrected chi connectivity index (χ2v) is 8.78. The molecule has 0 saturated carbocycles. The largest absolute Gasteiger partial charge is 0.481 e. The monoisotopic (exact) mass is 408 g/mol. The molecule has 27 heavy (non-hydrogen) atoms. The van der Waals surface area contributed by atoms with Crippen molar-refractivity contribution in [3.63, 3.8) is 0 Å². The first kappa shape index (κ1) is 19.7. The number of carbonyl (C=O) groups is 1. The Morgan fingerprint density at radius 3 is 2.33 bits per heavy atom. The fraction of sp³-hybridized carbons (Fsp3) is 0.316. The van der Waals surface area contributed by atoms with Gasteiger partial charge in [-0.1, -0.05) is 23.7 Å². The van der Waals surface area contributed by atoms with E-state index in [-0.39, 0.29) is 11.3 Å². The third kappa shape index (κ3) is 4.80. The molecule has 2 aromatic rings. The van der Waals surface area contributed by atoms with Crippen molar-refractivity contribution >= 4 is 33.3 Å². The number of aliphatic carboxylic acids is 1. The number of nitrogens with zero attached hydrogens (tertiary/aromatic N) is 2. The van der Waals surface area contributed by atoms with Crippen LogP contribution < -0.4 is 4.90 Å². The van der Waals surface area contributed by atoms with Crippen LogP contribution in [-0.2, 0) is 21.2 Å². The van der Waals surface area contributed by atoms with E-state index in [0.29, 0.717) is 43.2 Å². The van der Waals surface area contributed by atoms with Gasteiger partial charge in [-0.15, -0.1) is 0 Å². The number of carboxylic acid groups (broad SMARTS) is 1. The van der Waals surface area contributed by atoms with E-state index in [0.717, 1.165) is 5.69 Å². The summed E-state index contributed by atoms with van der Waals surface area (Å²) in [5.74, 6) is -0.901. The van der Waals surface area contributed by atoms with Crippen LogP contribution in [0.2, 0.25) is 5.02 Å². The van der Waals surface area contributed by atoms with E-state index in [4.69, 9.17) is 16.7 Å². The summed E-state index contributed by atoms with van der Waals surface area (Å²) in [6.45, 7) is 1.98. The standard InChI is InChI=1S/C19H21ClN2O4S/c20-16-5-7-17(8-6-16)21-10-12-22(13-11-21)27(25,26)18-3-1-2-15(14-18)4-9-19(23)24/h1-3,5-8,14H,4,9-13H2,(H,23,24). The molecule has 1 heterocycles. The van der Waals surface area contributed by atoms with Crippen LogP contribution in [0.15, 0.2) is 53.4 Å². The maximum Gasteiger partial charge on any atom is 0.303 e. The van der Waals surface area contributed by atoms with Crippen molar-refractivity contribution in [3.05, 3.63) is 59.1 Å². The molecule has 0 atom stereocenters. The third-order valence-corrected chi connectivity index (χ3v) is 6.74. The normalized spacial score (nSPS) is 15.7. The quantitative estimate of drug-likeness (QED) is 0.795. The summed E-state index contributed by atoms with van der Waals surface area (Å²) in [7, 11) is -3.60. The first-order chi connectivity index (χ1) is 12.9. The van der Waals surface area contributed by atoms with Gasteiger partial charge in [0.15, 0.2) is 0 Å².